The van der Waals surface area contributed by atoms with E-state index in [2.05, 4.69) is 16.1 Å². The molecular formula is C31H64Cl17O14Zn4+. The van der Waals surface area contributed by atoms with E-state index in [1.807, 2.05) is 24.6 Å². The van der Waals surface area contributed by atoms with E-state index >= 15 is 0 Å². The Balaban J connectivity index is -0.0000000279. The van der Waals surface area contributed by atoms with E-state index in [0.717, 1.165) is 7.11 Å². The van der Waals surface area contributed by atoms with E-state index in [1.54, 1.807) is 48.5 Å². The maximum atomic E-state index is 10.5. The third-order valence-corrected chi connectivity index (χ3v) is 12.7. The number of halogens is 17. The molecule has 0 amide bonds. The van der Waals surface area contributed by atoms with Crippen molar-refractivity contribution in [3.63, 3.8) is 0 Å². The van der Waals surface area contributed by atoms with Crippen LogP contribution < -0.4 is 0 Å². The SMILES string of the molecule is C=C(C)C(=O)OC.CC(C)(Cl)C(=O)Cl.CC(C)(Cl)C(O)(Cl)Cl.CC(C)(O)C(Cl)(Cl)Cl.CC(C)([OH2+])C(Cl)(Cl)Cl.CC1(C)[Cl+]C1(Cl)Cl.CO.COC(=O)C(C)(C)Cl.Cl.Cl.O.O.[2HH].[OH-].[O]=[Zn].[O]=[Zn].[Zn].[Zn]. The van der Waals surface area contributed by atoms with Crippen molar-refractivity contribution in [3.05, 3.63) is 12.2 Å². The van der Waals surface area contributed by atoms with Gasteiger partial charge >= 0.3 is 59.4 Å². The molecule has 0 aliphatic carbocycles. The van der Waals surface area contributed by atoms with Crippen LogP contribution in [0.3, 0.4) is 0 Å². The van der Waals surface area contributed by atoms with Gasteiger partial charge in [0.2, 0.25) is 19.2 Å². The van der Waals surface area contributed by atoms with Gasteiger partial charge in [-0.15, -0.1) is 59.6 Å². The van der Waals surface area contributed by atoms with Gasteiger partial charge in [0.25, 0.3) is 8.67 Å². The Labute approximate surface area is 523 Å². The summed E-state index contributed by atoms with van der Waals surface area (Å²) in [5.41, 5.74) is -1.85. The zero-order chi connectivity index (χ0) is 51.4. The molecule has 66 heavy (non-hydrogen) atoms. The second kappa shape index (κ2) is 52.2. The monoisotopic (exact) mass is 1510 g/mol. The van der Waals surface area contributed by atoms with Gasteiger partial charge in [0, 0.05) is 80.8 Å². The largest absolute Gasteiger partial charge is 0 e. The Hall–Kier alpha value is 5.09. The summed E-state index contributed by atoms with van der Waals surface area (Å²) in [5.74, 6) is -0.751. The average Bonchev–Trinajstić information content (AvgIpc) is 3.49. The number of hydrogen-bond donors (Lipinski definition) is 3. The zero-order valence-electron chi connectivity index (χ0n) is 39.2. The summed E-state index contributed by atoms with van der Waals surface area (Å²) >= 11 is 75.2. The Morgan fingerprint density at radius 1 is 0.667 bits per heavy atom. The number of alkyl halides is 15. The molecule has 1 fully saturated rings. The van der Waals surface area contributed by atoms with Crippen LogP contribution in [0, 0.1) is 10.8 Å². The molecule has 1 heterocycles. The van der Waals surface area contributed by atoms with E-state index < -0.39 is 52.9 Å². The van der Waals surface area contributed by atoms with Gasteiger partial charge in [-0.1, -0.05) is 99.4 Å². The van der Waals surface area contributed by atoms with Gasteiger partial charge in [0.15, 0.2) is 10.8 Å². The maximum absolute atomic E-state index is 10.5. The first-order valence-electron chi connectivity index (χ1n) is 15.2. The Kier molecular flexibility index (Phi) is 90.9. The molecule has 14 nitrogen and oxygen atoms in total. The average molecular weight is 1530 g/mol. The number of carbonyl (C=O) groups excluding carboxylic acids is 3. The predicted octanol–water partition coefficient (Wildman–Crippen LogP) is 10.4. The number of aliphatic hydroxyl groups excluding tert-OH is 1. The van der Waals surface area contributed by atoms with Crippen molar-refractivity contribution in [2.75, 3.05) is 21.3 Å². The van der Waals surface area contributed by atoms with Gasteiger partial charge in [-0.05, 0) is 97.1 Å². The minimum atomic E-state index is -1.85. The fourth-order valence-electron chi connectivity index (χ4n) is 0.690. The number of esters is 2. The molecule has 0 radical (unpaired) electrons. The molecule has 1 aliphatic rings. The number of methoxy groups -OCH3 is 2. The van der Waals surface area contributed by atoms with E-state index in [-0.39, 0.29) is 129 Å². The van der Waals surface area contributed by atoms with Crippen molar-refractivity contribution in [1.82, 2.24) is 0 Å². The minimum Gasteiger partial charge on any atom is 0 e. The molecule has 10 N–H and O–H groups in total. The molecule has 1 saturated heterocycles. The van der Waals surface area contributed by atoms with Crippen molar-refractivity contribution in [3.8, 4) is 0 Å². The fourth-order valence-corrected chi connectivity index (χ4v) is 2.38. The van der Waals surface area contributed by atoms with Crippen LogP contribution in [-0.2, 0) is 106 Å². The molecule has 398 valence electrons. The molecule has 0 unspecified atom stereocenters. The zero-order valence-corrected chi connectivity index (χ0v) is 64.0. The molecule has 0 aromatic rings. The molecule has 0 spiro atoms. The van der Waals surface area contributed by atoms with Crippen molar-refractivity contribution >= 4 is 204 Å². The van der Waals surface area contributed by atoms with Gasteiger partial charge in [0.05, 0.1) is 19.1 Å². The Morgan fingerprint density at radius 3 is 0.833 bits per heavy atom. The quantitative estimate of drug-likeness (QED) is 0.0594. The molecule has 1 rings (SSSR count). The molecule has 0 saturated carbocycles. The van der Waals surface area contributed by atoms with Crippen molar-refractivity contribution in [1.29, 1.82) is 0 Å². The summed E-state index contributed by atoms with van der Waals surface area (Å²) in [6.07, 6.45) is 0. The molecule has 0 atom stereocenters. The first-order chi connectivity index (χ1) is 25.3. The first-order valence-corrected chi connectivity index (χ1v) is 23.7. The number of rotatable bonds is 4. The van der Waals surface area contributed by atoms with Crippen molar-refractivity contribution in [2.24, 2.45) is 0 Å². The second-order valence-electron chi connectivity index (χ2n) is 13.2. The van der Waals surface area contributed by atoms with E-state index in [9.17, 15) is 14.4 Å². The van der Waals surface area contributed by atoms with Crippen molar-refractivity contribution < 1.29 is 156 Å². The number of hydrogen-bond acceptors (Lipinski definition) is 11. The minimum absolute atomic E-state index is 0. The number of aliphatic hydroxyl groups is 3. The van der Waals surface area contributed by atoms with Crippen LogP contribution in [0.5, 0.6) is 0 Å². The topological polar surface area (TPSA) is 280 Å². The standard InChI is InChI=1S/C5H9ClO2.C5H8O2.3C4H7Cl3O.C4H6Cl3.C4H6Cl2O.CH4O.2ClH.3H2O.2O.4Zn.H2/c1-5(2,6)4(7)8-3;1-4(2)5(6)7-3;2*1-3(2,8)4(5,6)7;1-3(2,5)4(6,7)8;1-3(2)4(5,6)7-3;1-4(2,6)3(5)7;1-2;;;;;;;;;;;;/h1-3H3;1H2,2-3H3;3*8H,1-2H3;2*1-2H3;2H,1H3;2*1H;3*1H2;;;;;;;1H/q;;;;;+1;;;;;;;;;;;;;;/i;;;;;;;;;;;;;;;;;;;1+1. The van der Waals surface area contributed by atoms with Crippen LogP contribution in [0.1, 0.15) is 91.4 Å². The summed E-state index contributed by atoms with van der Waals surface area (Å²) in [4.78, 5) is 28.0. The summed E-state index contributed by atoms with van der Waals surface area (Å²) in [7, 11) is 5.66. The summed E-state index contributed by atoms with van der Waals surface area (Å²) < 4.78 is 19.9. The molecule has 0 aromatic carbocycles. The van der Waals surface area contributed by atoms with Crippen LogP contribution in [0.25, 0.3) is 0 Å². The van der Waals surface area contributed by atoms with Gasteiger partial charge < -0.3 is 46.3 Å². The van der Waals surface area contributed by atoms with Crippen LogP contribution in [0.2, 0.25) is 0 Å². The molecular weight excluding hydrogens is 1460 g/mol. The van der Waals surface area contributed by atoms with E-state index in [4.69, 9.17) is 190 Å². The van der Waals surface area contributed by atoms with Crippen LogP contribution >= 0.6 is 187 Å². The van der Waals surface area contributed by atoms with Crippen molar-refractivity contribution in [2.45, 2.75) is 137 Å². The molecule has 0 aromatic heterocycles. The summed E-state index contributed by atoms with van der Waals surface area (Å²) in [6.45, 7) is 24.2. The van der Waals surface area contributed by atoms with Crippen LogP contribution in [-0.4, -0.2) is 122 Å². The Morgan fingerprint density at radius 2 is 0.833 bits per heavy atom. The molecule has 1 aliphatic heterocycles. The van der Waals surface area contributed by atoms with E-state index in [1.165, 1.54) is 41.9 Å². The predicted molar refractivity (Wildman–Crippen MR) is 265 cm³/mol. The summed E-state index contributed by atoms with van der Waals surface area (Å²) in [5, 5.41) is 31.4. The van der Waals surface area contributed by atoms with Gasteiger partial charge in [-0.3, -0.25) is 9.59 Å². The third kappa shape index (κ3) is 75.6. The normalized spacial score (nSPS) is 12.3. The number of ether oxygens (including phenoxy) is 2. The van der Waals surface area contributed by atoms with E-state index in [0.29, 0.717) is 5.57 Å². The van der Waals surface area contributed by atoms with Crippen LogP contribution in [0.4, 0.5) is 0 Å². The summed E-state index contributed by atoms with van der Waals surface area (Å²) in [6, 6.07) is 0. The van der Waals surface area contributed by atoms with Gasteiger partial charge in [-0.2, -0.15) is 0 Å². The maximum Gasteiger partial charge on any atom is 0 e. The molecule has 0 bridgehead atoms. The van der Waals surface area contributed by atoms with Crippen LogP contribution in [0.15, 0.2) is 12.2 Å². The third-order valence-electron chi connectivity index (χ3n) is 4.78. The van der Waals surface area contributed by atoms with Gasteiger partial charge in [-0.25, -0.2) is 4.79 Å². The van der Waals surface area contributed by atoms with Gasteiger partial charge in [0.1, 0.15) is 15.3 Å². The first kappa shape index (κ1) is 115. The molecule has 35 heteroatoms. The second-order valence-corrected chi connectivity index (χ2v) is 25.7. The Bertz CT molecular complexity index is 1070. The number of carbonyl (C=O) groups is 3. The fraction of sp³-hybridized carbons (Fsp3) is 0.839. The smallest absolute Gasteiger partial charge is 0 e.